The zero-order valence-electron chi connectivity index (χ0n) is 50.7. The van der Waals surface area contributed by atoms with Crippen molar-refractivity contribution in [2.75, 3.05) is 13.2 Å². The summed E-state index contributed by atoms with van der Waals surface area (Å²) in [4.78, 5) is 38.3. The molecule has 0 bridgehead atoms. The van der Waals surface area contributed by atoms with Crippen LogP contribution in [0.1, 0.15) is 316 Å². The van der Waals surface area contributed by atoms with E-state index in [1.54, 1.807) is 0 Å². The van der Waals surface area contributed by atoms with E-state index in [-0.39, 0.29) is 37.5 Å². The van der Waals surface area contributed by atoms with Gasteiger partial charge in [0.15, 0.2) is 6.10 Å². The Morgan fingerprint density at radius 3 is 0.831 bits per heavy atom. The first-order chi connectivity index (χ1) is 38.0. The third-order valence-electron chi connectivity index (χ3n) is 14.1. The second-order valence-corrected chi connectivity index (χ2v) is 21.6. The standard InChI is InChI=1S/C71H122O6/c1-4-7-10-13-16-19-22-25-28-30-31-32-33-34-35-36-37-38-39-41-43-46-49-52-55-58-61-64-70(73)76-67-68(66-75-69(72)63-60-57-54-51-48-45-42-27-24-21-18-15-12-9-6-3)77-71(74)65-62-59-56-53-50-47-44-40-29-26-23-20-17-14-11-8-5-2/h8,11,17,20,22,25-26,29-31,33-34,44,47,53,56,68H,4-7,9-10,12-16,18-19,21,23-24,27-28,32,35-43,45-46,48-52,54-55,57-67H2,1-3H3/b11-8-,20-17-,25-22-,29-26-,31-30-,34-33-,47-44-,56-53-. The van der Waals surface area contributed by atoms with Gasteiger partial charge in [-0.15, -0.1) is 0 Å². The summed E-state index contributed by atoms with van der Waals surface area (Å²) in [6.07, 6.45) is 87.1. The topological polar surface area (TPSA) is 78.9 Å². The minimum Gasteiger partial charge on any atom is -0.462 e. The molecule has 0 aromatic heterocycles. The van der Waals surface area contributed by atoms with Crippen LogP contribution in [0.3, 0.4) is 0 Å². The molecular formula is C71H122O6. The first-order valence-corrected chi connectivity index (χ1v) is 32.7. The SMILES string of the molecule is CC/C=C\C/C=C\C/C=C\C/C=C\C/C=C\CCCC(=O)OC(COC(=O)CCCCCCCCCCCCCC/C=C\C/C=C\C/C=C\CCCCCCC)COC(=O)CCCCCCCCCCCCCCCCC. The van der Waals surface area contributed by atoms with Gasteiger partial charge in [-0.25, -0.2) is 0 Å². The maximum absolute atomic E-state index is 12.9. The van der Waals surface area contributed by atoms with Gasteiger partial charge in [0.2, 0.25) is 0 Å². The monoisotopic (exact) mass is 1070 g/mol. The van der Waals surface area contributed by atoms with Crippen LogP contribution < -0.4 is 0 Å². The summed E-state index contributed by atoms with van der Waals surface area (Å²) in [6, 6.07) is 0. The zero-order valence-corrected chi connectivity index (χ0v) is 50.7. The number of hydrogen-bond donors (Lipinski definition) is 0. The summed E-state index contributed by atoms with van der Waals surface area (Å²) in [5.41, 5.74) is 0. The summed E-state index contributed by atoms with van der Waals surface area (Å²) < 4.78 is 16.9. The minimum atomic E-state index is -0.808. The molecule has 0 saturated carbocycles. The molecule has 6 heteroatoms. The van der Waals surface area contributed by atoms with Gasteiger partial charge in [-0.1, -0.05) is 298 Å². The lowest BCUT2D eigenvalue weighted by Gasteiger charge is -2.18. The number of rotatable bonds is 59. The molecule has 0 radical (unpaired) electrons. The van der Waals surface area contributed by atoms with Crippen LogP contribution >= 0.6 is 0 Å². The van der Waals surface area contributed by atoms with Crippen molar-refractivity contribution in [1.82, 2.24) is 0 Å². The van der Waals surface area contributed by atoms with Gasteiger partial charge >= 0.3 is 17.9 Å². The molecule has 0 amide bonds. The average molecular weight is 1070 g/mol. The van der Waals surface area contributed by atoms with E-state index in [1.807, 2.05) is 0 Å². The smallest absolute Gasteiger partial charge is 0.306 e. The molecule has 0 saturated heterocycles. The molecule has 77 heavy (non-hydrogen) atoms. The van der Waals surface area contributed by atoms with Gasteiger partial charge in [-0.2, -0.15) is 0 Å². The molecule has 0 aromatic carbocycles. The van der Waals surface area contributed by atoms with Gasteiger partial charge in [-0.05, 0) is 96.3 Å². The fourth-order valence-corrected chi connectivity index (χ4v) is 9.19. The maximum atomic E-state index is 12.9. The number of carbonyl (C=O) groups excluding carboxylic acids is 3. The highest BCUT2D eigenvalue weighted by atomic mass is 16.6. The van der Waals surface area contributed by atoms with Crippen molar-refractivity contribution in [3.05, 3.63) is 97.2 Å². The highest BCUT2D eigenvalue weighted by Gasteiger charge is 2.19. The quantitative estimate of drug-likeness (QED) is 0.0261. The van der Waals surface area contributed by atoms with Gasteiger partial charge in [-0.3, -0.25) is 14.4 Å². The molecule has 0 heterocycles. The summed E-state index contributed by atoms with van der Waals surface area (Å²) in [5.74, 6) is -0.947. The largest absolute Gasteiger partial charge is 0.462 e. The van der Waals surface area contributed by atoms with Crippen molar-refractivity contribution in [1.29, 1.82) is 0 Å². The van der Waals surface area contributed by atoms with E-state index in [0.29, 0.717) is 19.3 Å². The molecule has 1 atom stereocenters. The predicted molar refractivity (Wildman–Crippen MR) is 334 cm³/mol. The molecule has 0 N–H and O–H groups in total. The Morgan fingerprint density at radius 2 is 0.519 bits per heavy atom. The van der Waals surface area contributed by atoms with E-state index in [0.717, 1.165) is 89.9 Å². The Balaban J connectivity index is 4.35. The van der Waals surface area contributed by atoms with Crippen molar-refractivity contribution in [2.24, 2.45) is 0 Å². The molecule has 0 aliphatic carbocycles. The third-order valence-corrected chi connectivity index (χ3v) is 14.1. The Bertz CT molecular complexity index is 1510. The van der Waals surface area contributed by atoms with Crippen molar-refractivity contribution in [3.8, 4) is 0 Å². The van der Waals surface area contributed by atoms with Crippen molar-refractivity contribution in [3.63, 3.8) is 0 Å². The highest BCUT2D eigenvalue weighted by Crippen LogP contribution is 2.16. The highest BCUT2D eigenvalue weighted by molar-refractivity contribution is 5.71. The Morgan fingerprint density at radius 1 is 0.273 bits per heavy atom. The van der Waals surface area contributed by atoms with Gasteiger partial charge < -0.3 is 14.2 Å². The number of allylic oxidation sites excluding steroid dienone is 16. The number of esters is 3. The lowest BCUT2D eigenvalue weighted by Crippen LogP contribution is -2.30. The van der Waals surface area contributed by atoms with Gasteiger partial charge in [0.05, 0.1) is 0 Å². The van der Waals surface area contributed by atoms with Crippen LogP contribution in [0.2, 0.25) is 0 Å². The van der Waals surface area contributed by atoms with E-state index in [4.69, 9.17) is 14.2 Å². The molecule has 0 aliphatic heterocycles. The Labute approximate surface area is 477 Å². The van der Waals surface area contributed by atoms with Crippen molar-refractivity contribution >= 4 is 17.9 Å². The van der Waals surface area contributed by atoms with Crippen LogP contribution in [0.5, 0.6) is 0 Å². The fraction of sp³-hybridized carbons (Fsp3) is 0.732. The lowest BCUT2D eigenvalue weighted by molar-refractivity contribution is -0.167. The maximum Gasteiger partial charge on any atom is 0.306 e. The van der Waals surface area contributed by atoms with E-state index < -0.39 is 6.10 Å². The van der Waals surface area contributed by atoms with Crippen LogP contribution in [0.4, 0.5) is 0 Å². The van der Waals surface area contributed by atoms with Crippen LogP contribution in [-0.2, 0) is 28.6 Å². The van der Waals surface area contributed by atoms with Gasteiger partial charge in [0.25, 0.3) is 0 Å². The average Bonchev–Trinajstić information content (AvgIpc) is 3.43. The molecule has 442 valence electrons. The molecular weight excluding hydrogens is 949 g/mol. The normalized spacial score (nSPS) is 12.7. The van der Waals surface area contributed by atoms with Crippen LogP contribution in [-0.4, -0.2) is 37.2 Å². The molecule has 0 spiro atoms. The van der Waals surface area contributed by atoms with E-state index in [2.05, 4.69) is 118 Å². The minimum absolute atomic E-state index is 0.0980. The second-order valence-electron chi connectivity index (χ2n) is 21.6. The van der Waals surface area contributed by atoms with Crippen LogP contribution in [0, 0.1) is 0 Å². The summed E-state index contributed by atoms with van der Waals surface area (Å²) in [5, 5.41) is 0. The van der Waals surface area contributed by atoms with E-state index in [1.165, 1.54) is 180 Å². The van der Waals surface area contributed by atoms with Gasteiger partial charge in [0.1, 0.15) is 13.2 Å². The summed E-state index contributed by atoms with van der Waals surface area (Å²) >= 11 is 0. The van der Waals surface area contributed by atoms with Crippen molar-refractivity contribution in [2.45, 2.75) is 322 Å². The number of ether oxygens (including phenoxy) is 3. The number of unbranched alkanes of at least 4 members (excludes halogenated alkanes) is 32. The summed E-state index contributed by atoms with van der Waals surface area (Å²) in [6.45, 7) is 6.50. The summed E-state index contributed by atoms with van der Waals surface area (Å²) in [7, 11) is 0. The Kier molecular flexibility index (Phi) is 61.8. The van der Waals surface area contributed by atoms with Crippen LogP contribution in [0.25, 0.3) is 0 Å². The first kappa shape index (κ1) is 73.3. The first-order valence-electron chi connectivity index (χ1n) is 32.7. The molecule has 6 nitrogen and oxygen atoms in total. The molecule has 0 fully saturated rings. The molecule has 0 aromatic rings. The third kappa shape index (κ3) is 63.0. The fourth-order valence-electron chi connectivity index (χ4n) is 9.19. The number of hydrogen-bond acceptors (Lipinski definition) is 6. The molecule has 1 unspecified atom stereocenters. The second kappa shape index (κ2) is 64.9. The van der Waals surface area contributed by atoms with E-state index >= 15 is 0 Å². The predicted octanol–water partition coefficient (Wildman–Crippen LogP) is 22.4. The van der Waals surface area contributed by atoms with Crippen molar-refractivity contribution < 1.29 is 28.6 Å². The molecule has 0 rings (SSSR count). The lowest BCUT2D eigenvalue weighted by atomic mass is 10.0. The molecule has 0 aliphatic rings. The van der Waals surface area contributed by atoms with Crippen LogP contribution in [0.15, 0.2) is 97.2 Å². The zero-order chi connectivity index (χ0) is 55.7. The Hall–Kier alpha value is -3.67. The van der Waals surface area contributed by atoms with E-state index in [9.17, 15) is 14.4 Å². The number of carbonyl (C=O) groups is 3. The van der Waals surface area contributed by atoms with Gasteiger partial charge in [0, 0.05) is 19.3 Å².